The number of nitrogens with zero attached hydrogens (tertiary/aromatic N) is 1. The molecule has 0 spiro atoms. The minimum Gasteiger partial charge on any atom is -0.348 e. The van der Waals surface area contributed by atoms with Crippen molar-refractivity contribution in [3.05, 3.63) is 80.5 Å². The monoisotopic (exact) mass is 391 g/mol. The van der Waals surface area contributed by atoms with Crippen LogP contribution in [0.1, 0.15) is 24.1 Å². The second-order valence-electron chi connectivity index (χ2n) is 6.28. The van der Waals surface area contributed by atoms with Crippen LogP contribution in [-0.2, 0) is 17.5 Å². The van der Waals surface area contributed by atoms with Crippen molar-refractivity contribution < 1.29 is 18.0 Å². The Kier molecular flexibility index (Phi) is 5.08. The lowest BCUT2D eigenvalue weighted by molar-refractivity contribution is -0.137. The predicted molar refractivity (Wildman–Crippen MR) is 96.8 cm³/mol. The molecule has 0 bridgehead atoms. The van der Waals surface area contributed by atoms with E-state index in [0.717, 1.165) is 16.7 Å². The van der Waals surface area contributed by atoms with Crippen molar-refractivity contribution in [2.45, 2.75) is 25.7 Å². The van der Waals surface area contributed by atoms with Crippen molar-refractivity contribution in [1.29, 1.82) is 0 Å². The molecule has 0 saturated carbocycles. The van der Waals surface area contributed by atoms with E-state index in [-0.39, 0.29) is 10.9 Å². The van der Waals surface area contributed by atoms with Gasteiger partial charge in [-0.15, -0.1) is 0 Å². The van der Waals surface area contributed by atoms with Crippen LogP contribution in [0.5, 0.6) is 0 Å². The van der Waals surface area contributed by atoms with Gasteiger partial charge < -0.3 is 10.3 Å². The lowest BCUT2D eigenvalue weighted by Crippen LogP contribution is -2.41. The number of hydrogen-bond acceptors (Lipinski definition) is 3. The molecule has 1 amide bonds. The third-order valence-electron chi connectivity index (χ3n) is 4.28. The normalized spacial score (nSPS) is 12.7. The van der Waals surface area contributed by atoms with Crippen LogP contribution >= 0.6 is 0 Å². The van der Waals surface area contributed by atoms with Gasteiger partial charge in [-0.3, -0.25) is 14.2 Å². The first-order chi connectivity index (χ1) is 13.2. The third kappa shape index (κ3) is 3.98. The van der Waals surface area contributed by atoms with E-state index in [4.69, 9.17) is 0 Å². The highest BCUT2D eigenvalue weighted by atomic mass is 19.4. The summed E-state index contributed by atoms with van der Waals surface area (Å²) >= 11 is 0. The maximum absolute atomic E-state index is 12.8. The second-order valence-corrected chi connectivity index (χ2v) is 6.28. The molecule has 3 aromatic rings. The fourth-order valence-electron chi connectivity index (χ4n) is 2.84. The van der Waals surface area contributed by atoms with Gasteiger partial charge in [-0.25, -0.2) is 4.79 Å². The lowest BCUT2D eigenvalue weighted by atomic mass is 10.0. The van der Waals surface area contributed by atoms with Gasteiger partial charge in [0.25, 0.3) is 5.56 Å². The van der Waals surface area contributed by atoms with Gasteiger partial charge in [0.15, 0.2) is 0 Å². The van der Waals surface area contributed by atoms with Gasteiger partial charge in [-0.1, -0.05) is 24.3 Å². The number of fused-ring (bicyclic) bond motifs is 1. The average Bonchev–Trinajstić information content (AvgIpc) is 2.64. The zero-order valence-electron chi connectivity index (χ0n) is 14.7. The molecule has 1 aromatic heterocycles. The van der Waals surface area contributed by atoms with Gasteiger partial charge in [0.2, 0.25) is 5.91 Å². The molecule has 0 radical (unpaired) electrons. The summed E-state index contributed by atoms with van der Waals surface area (Å²) in [6, 6.07) is 10.2. The van der Waals surface area contributed by atoms with Gasteiger partial charge >= 0.3 is 11.9 Å². The highest BCUT2D eigenvalue weighted by molar-refractivity contribution is 5.79. The van der Waals surface area contributed by atoms with Crippen LogP contribution in [0.25, 0.3) is 10.9 Å². The zero-order valence-corrected chi connectivity index (χ0v) is 14.7. The topological polar surface area (TPSA) is 84.0 Å². The predicted octanol–water partition coefficient (Wildman–Crippen LogP) is 2.59. The minimum absolute atomic E-state index is 0.251. The molecule has 2 aromatic carbocycles. The summed E-state index contributed by atoms with van der Waals surface area (Å²) in [6.45, 7) is 0.961. The number of alkyl halides is 3. The summed E-state index contributed by atoms with van der Waals surface area (Å²) in [4.78, 5) is 39.3. The quantitative estimate of drug-likeness (QED) is 0.717. The number of carbonyl (C=O) groups is 1. The second kappa shape index (κ2) is 7.34. The van der Waals surface area contributed by atoms with Gasteiger partial charge in [0.1, 0.15) is 6.54 Å². The molecule has 0 aliphatic rings. The zero-order chi connectivity index (χ0) is 20.5. The number of benzene rings is 2. The van der Waals surface area contributed by atoms with Crippen LogP contribution in [0, 0.1) is 0 Å². The van der Waals surface area contributed by atoms with Gasteiger partial charge in [-0.05, 0) is 36.8 Å². The molecule has 2 N–H and O–H groups in total. The molecule has 0 fully saturated rings. The van der Waals surface area contributed by atoms with Crippen LogP contribution in [0.4, 0.5) is 13.2 Å². The Morgan fingerprint density at radius 2 is 1.86 bits per heavy atom. The number of hydrogen-bond donors (Lipinski definition) is 2. The van der Waals surface area contributed by atoms with Crippen molar-refractivity contribution in [2.75, 3.05) is 0 Å². The molecule has 0 aliphatic heterocycles. The van der Waals surface area contributed by atoms with Crippen LogP contribution in [-0.4, -0.2) is 15.5 Å². The first kappa shape index (κ1) is 19.4. The number of rotatable bonds is 4. The molecule has 9 heteroatoms. The molecule has 0 aliphatic carbocycles. The Balaban J connectivity index is 1.81. The van der Waals surface area contributed by atoms with Crippen LogP contribution in [0.2, 0.25) is 0 Å². The van der Waals surface area contributed by atoms with Gasteiger partial charge in [0.05, 0.1) is 22.5 Å². The fourth-order valence-corrected chi connectivity index (χ4v) is 2.84. The SMILES string of the molecule is CC(NC(=O)Cn1c(=O)[nH]c2ccccc2c1=O)c1cccc(C(F)(F)F)c1. The van der Waals surface area contributed by atoms with Crippen LogP contribution in [0.15, 0.2) is 58.1 Å². The van der Waals surface area contributed by atoms with Crippen molar-refractivity contribution in [3.63, 3.8) is 0 Å². The first-order valence-corrected chi connectivity index (χ1v) is 8.35. The van der Waals surface area contributed by atoms with E-state index in [2.05, 4.69) is 10.3 Å². The van der Waals surface area contributed by atoms with Crippen molar-refractivity contribution in [2.24, 2.45) is 0 Å². The fraction of sp³-hybridized carbons (Fsp3) is 0.211. The maximum Gasteiger partial charge on any atom is 0.416 e. The molecular formula is C19H16F3N3O3. The number of nitrogens with one attached hydrogen (secondary N) is 2. The summed E-state index contributed by atoms with van der Waals surface area (Å²) < 4.78 is 39.2. The molecule has 6 nitrogen and oxygen atoms in total. The number of aromatic amines is 1. The molecular weight excluding hydrogens is 375 g/mol. The van der Waals surface area contributed by atoms with E-state index in [1.807, 2.05) is 0 Å². The largest absolute Gasteiger partial charge is 0.416 e. The summed E-state index contributed by atoms with van der Waals surface area (Å²) in [5, 5.41) is 2.76. The first-order valence-electron chi connectivity index (χ1n) is 8.35. The number of H-pyrrole nitrogens is 1. The highest BCUT2D eigenvalue weighted by Crippen LogP contribution is 2.30. The van der Waals surface area contributed by atoms with E-state index in [1.165, 1.54) is 25.1 Å². The molecule has 1 atom stereocenters. The standard InChI is InChI=1S/C19H16F3N3O3/c1-11(12-5-4-6-13(9-12)19(20,21)22)23-16(26)10-25-17(27)14-7-2-3-8-15(14)24-18(25)28/h2-9,11H,10H2,1H3,(H,23,26)(H,24,28). The van der Waals surface area contributed by atoms with E-state index in [9.17, 15) is 27.6 Å². The van der Waals surface area contributed by atoms with E-state index in [0.29, 0.717) is 5.52 Å². The molecule has 146 valence electrons. The smallest absolute Gasteiger partial charge is 0.348 e. The Labute approximate surface area is 156 Å². The number of amides is 1. The molecule has 3 rings (SSSR count). The Morgan fingerprint density at radius 3 is 2.57 bits per heavy atom. The summed E-state index contributed by atoms with van der Waals surface area (Å²) in [5.74, 6) is -0.673. The lowest BCUT2D eigenvalue weighted by Gasteiger charge is -2.16. The van der Waals surface area contributed by atoms with E-state index < -0.39 is 41.5 Å². The molecule has 1 heterocycles. The van der Waals surface area contributed by atoms with Crippen molar-refractivity contribution in [1.82, 2.24) is 14.9 Å². The van der Waals surface area contributed by atoms with Gasteiger partial charge in [0, 0.05) is 0 Å². The number of para-hydroxylation sites is 1. The van der Waals surface area contributed by atoms with Crippen molar-refractivity contribution in [3.8, 4) is 0 Å². The van der Waals surface area contributed by atoms with Crippen LogP contribution < -0.4 is 16.6 Å². The molecule has 28 heavy (non-hydrogen) atoms. The van der Waals surface area contributed by atoms with E-state index >= 15 is 0 Å². The van der Waals surface area contributed by atoms with Crippen LogP contribution in [0.3, 0.4) is 0 Å². The number of halogens is 3. The molecule has 0 saturated heterocycles. The Hall–Kier alpha value is -3.36. The third-order valence-corrected chi connectivity index (χ3v) is 4.28. The summed E-state index contributed by atoms with van der Waals surface area (Å²) in [6.07, 6.45) is -4.49. The number of carbonyl (C=O) groups excluding carboxylic acids is 1. The summed E-state index contributed by atoms with van der Waals surface area (Å²) in [7, 11) is 0. The Bertz CT molecular complexity index is 1150. The molecule has 1 unspecified atom stereocenters. The number of aromatic nitrogens is 2. The Morgan fingerprint density at radius 1 is 1.14 bits per heavy atom. The van der Waals surface area contributed by atoms with Crippen molar-refractivity contribution >= 4 is 16.8 Å². The average molecular weight is 391 g/mol. The maximum atomic E-state index is 12.8. The van der Waals surface area contributed by atoms with E-state index in [1.54, 1.807) is 18.2 Å². The highest BCUT2D eigenvalue weighted by Gasteiger charge is 2.30. The summed E-state index contributed by atoms with van der Waals surface area (Å²) in [5.41, 5.74) is -1.59. The van der Waals surface area contributed by atoms with Gasteiger partial charge in [-0.2, -0.15) is 13.2 Å². The minimum atomic E-state index is -4.49.